The van der Waals surface area contributed by atoms with Crippen LogP contribution in [0.1, 0.15) is 24.5 Å². The predicted octanol–water partition coefficient (Wildman–Crippen LogP) is 5.97. The van der Waals surface area contributed by atoms with Gasteiger partial charge in [0, 0.05) is 40.6 Å². The molecule has 1 aliphatic heterocycles. The first-order valence-electron chi connectivity index (χ1n) is 11.2. The third kappa shape index (κ3) is 6.11. The summed E-state index contributed by atoms with van der Waals surface area (Å²) in [4.78, 5) is 32.6. The van der Waals surface area contributed by atoms with Gasteiger partial charge in [-0.3, -0.25) is 10.1 Å². The molecule has 4 rings (SSSR count). The molecule has 0 aliphatic carbocycles. The standard InChI is InChI=1S/C26H24ClFN4O4/c1-35-31-23-7-4-16-32(23)20-14-12-18(13-15-20)29-25(33)24(21-5-2-3-6-22(21)28)36-26(34)30-19-10-8-17(27)9-11-19/h2-3,5-6,8-15,24H,4,7,16H2,1H3,(H,29,33)(H,30,34). The number of nitrogens with one attached hydrogen (secondary N) is 2. The van der Waals surface area contributed by atoms with E-state index in [9.17, 15) is 14.0 Å². The molecule has 3 aromatic carbocycles. The van der Waals surface area contributed by atoms with E-state index < -0.39 is 23.9 Å². The molecular formula is C26H24ClFN4O4. The van der Waals surface area contributed by atoms with Crippen molar-refractivity contribution in [1.82, 2.24) is 0 Å². The summed E-state index contributed by atoms with van der Waals surface area (Å²) >= 11 is 5.86. The number of hydrogen-bond donors (Lipinski definition) is 2. The number of hydrogen-bond acceptors (Lipinski definition) is 5. The summed E-state index contributed by atoms with van der Waals surface area (Å²) in [5.41, 5.74) is 1.68. The van der Waals surface area contributed by atoms with Crippen molar-refractivity contribution in [3.05, 3.63) is 89.2 Å². The number of anilines is 3. The van der Waals surface area contributed by atoms with Crippen molar-refractivity contribution in [3.8, 4) is 0 Å². The molecule has 0 spiro atoms. The number of carbonyl (C=O) groups excluding carboxylic acids is 2. The van der Waals surface area contributed by atoms with E-state index in [0.717, 1.165) is 30.9 Å². The number of benzene rings is 3. The van der Waals surface area contributed by atoms with Crippen LogP contribution in [-0.2, 0) is 14.4 Å². The Kier molecular flexibility index (Phi) is 8.02. The molecule has 0 aromatic heterocycles. The highest BCUT2D eigenvalue weighted by Crippen LogP contribution is 2.27. The van der Waals surface area contributed by atoms with Gasteiger partial charge in [-0.2, -0.15) is 0 Å². The third-order valence-corrected chi connectivity index (χ3v) is 5.73. The van der Waals surface area contributed by atoms with Gasteiger partial charge < -0.3 is 19.8 Å². The number of amides is 2. The molecule has 1 heterocycles. The highest BCUT2D eigenvalue weighted by atomic mass is 35.5. The van der Waals surface area contributed by atoms with Crippen LogP contribution in [-0.4, -0.2) is 31.5 Å². The number of ether oxygens (including phenoxy) is 1. The van der Waals surface area contributed by atoms with Crippen molar-refractivity contribution in [2.24, 2.45) is 5.16 Å². The van der Waals surface area contributed by atoms with Gasteiger partial charge in [0.1, 0.15) is 18.8 Å². The van der Waals surface area contributed by atoms with E-state index in [4.69, 9.17) is 21.2 Å². The van der Waals surface area contributed by atoms with Crippen LogP contribution in [0.2, 0.25) is 5.02 Å². The van der Waals surface area contributed by atoms with E-state index >= 15 is 0 Å². The molecule has 1 unspecified atom stereocenters. The Hall–Kier alpha value is -4.11. The van der Waals surface area contributed by atoms with Crippen LogP contribution in [0.3, 0.4) is 0 Å². The van der Waals surface area contributed by atoms with E-state index in [0.29, 0.717) is 16.4 Å². The zero-order valence-electron chi connectivity index (χ0n) is 19.4. The Morgan fingerprint density at radius 1 is 1.00 bits per heavy atom. The smallest absolute Gasteiger partial charge is 0.412 e. The Labute approximate surface area is 212 Å². The van der Waals surface area contributed by atoms with Crippen molar-refractivity contribution in [2.45, 2.75) is 18.9 Å². The molecule has 8 nitrogen and oxygen atoms in total. The Morgan fingerprint density at radius 3 is 2.36 bits per heavy atom. The van der Waals surface area contributed by atoms with Gasteiger partial charge in [0.2, 0.25) is 6.10 Å². The Bertz CT molecular complexity index is 1250. The maximum absolute atomic E-state index is 14.6. The number of carbonyl (C=O) groups is 2. The predicted molar refractivity (Wildman–Crippen MR) is 137 cm³/mol. The fraction of sp³-hybridized carbons (Fsp3) is 0.192. The second kappa shape index (κ2) is 11.5. The molecule has 1 fully saturated rings. The molecule has 1 saturated heterocycles. The van der Waals surface area contributed by atoms with Crippen molar-refractivity contribution in [2.75, 3.05) is 29.2 Å². The van der Waals surface area contributed by atoms with Crippen LogP contribution in [0, 0.1) is 5.82 Å². The van der Waals surface area contributed by atoms with Crippen molar-refractivity contribution >= 4 is 46.5 Å². The first-order valence-corrected chi connectivity index (χ1v) is 11.6. The highest BCUT2D eigenvalue weighted by molar-refractivity contribution is 6.30. The quantitative estimate of drug-likeness (QED) is 0.382. The van der Waals surface area contributed by atoms with Crippen LogP contribution in [0.4, 0.5) is 26.2 Å². The fourth-order valence-corrected chi connectivity index (χ4v) is 3.93. The van der Waals surface area contributed by atoms with Crippen LogP contribution in [0.15, 0.2) is 78.0 Å². The second-order valence-corrected chi connectivity index (χ2v) is 8.36. The average molecular weight is 511 g/mol. The zero-order valence-corrected chi connectivity index (χ0v) is 20.2. The first-order chi connectivity index (χ1) is 17.4. The van der Waals surface area contributed by atoms with E-state index in [2.05, 4.69) is 15.8 Å². The zero-order chi connectivity index (χ0) is 25.5. The lowest BCUT2D eigenvalue weighted by Gasteiger charge is -2.20. The molecule has 2 N–H and O–H groups in total. The fourth-order valence-electron chi connectivity index (χ4n) is 3.80. The first kappa shape index (κ1) is 25.0. The molecule has 186 valence electrons. The highest BCUT2D eigenvalue weighted by Gasteiger charge is 2.28. The molecule has 0 radical (unpaired) electrons. The van der Waals surface area contributed by atoms with Gasteiger partial charge in [-0.05, 0) is 61.0 Å². The summed E-state index contributed by atoms with van der Waals surface area (Å²) in [6.07, 6.45) is -0.681. The van der Waals surface area contributed by atoms with E-state index in [-0.39, 0.29) is 5.56 Å². The van der Waals surface area contributed by atoms with Crippen molar-refractivity contribution in [3.63, 3.8) is 0 Å². The molecule has 2 amide bonds. The number of rotatable bonds is 7. The molecule has 3 aromatic rings. The van der Waals surface area contributed by atoms with E-state index in [1.165, 1.54) is 25.3 Å². The molecule has 1 aliphatic rings. The van der Waals surface area contributed by atoms with E-state index in [1.807, 2.05) is 17.0 Å². The molecule has 0 saturated carbocycles. The molecular weight excluding hydrogens is 487 g/mol. The van der Waals surface area contributed by atoms with E-state index in [1.54, 1.807) is 42.5 Å². The van der Waals surface area contributed by atoms with Gasteiger partial charge >= 0.3 is 6.09 Å². The lowest BCUT2D eigenvalue weighted by molar-refractivity contribution is -0.124. The monoisotopic (exact) mass is 510 g/mol. The number of oxime groups is 1. The lowest BCUT2D eigenvalue weighted by Crippen LogP contribution is -2.28. The maximum atomic E-state index is 14.6. The minimum absolute atomic E-state index is 0.0737. The van der Waals surface area contributed by atoms with Gasteiger partial charge in [0.05, 0.1) is 0 Å². The number of amidine groups is 1. The minimum atomic E-state index is -1.53. The van der Waals surface area contributed by atoms with Crippen LogP contribution in [0.25, 0.3) is 0 Å². The largest absolute Gasteiger partial charge is 0.431 e. The normalized spacial score (nSPS) is 14.9. The molecule has 10 heteroatoms. The lowest BCUT2D eigenvalue weighted by atomic mass is 10.1. The Morgan fingerprint density at radius 2 is 1.67 bits per heavy atom. The van der Waals surface area contributed by atoms with Crippen molar-refractivity contribution < 1.29 is 23.6 Å². The maximum Gasteiger partial charge on any atom is 0.412 e. The summed E-state index contributed by atoms with van der Waals surface area (Å²) in [7, 11) is 1.51. The SMILES string of the molecule is CON=C1CCCN1c1ccc(NC(=O)C(OC(=O)Nc2ccc(Cl)cc2)c2ccccc2F)cc1. The number of nitrogens with zero attached hydrogens (tertiary/aromatic N) is 2. The van der Waals surface area contributed by atoms with Gasteiger partial charge in [0.25, 0.3) is 5.91 Å². The third-order valence-electron chi connectivity index (χ3n) is 5.48. The average Bonchev–Trinajstić information content (AvgIpc) is 3.33. The number of halogens is 2. The minimum Gasteiger partial charge on any atom is -0.431 e. The van der Waals surface area contributed by atoms with Gasteiger partial charge in [-0.25, -0.2) is 9.18 Å². The summed E-state index contributed by atoms with van der Waals surface area (Å²) in [6.45, 7) is 0.805. The van der Waals surface area contributed by atoms with Crippen LogP contribution in [0.5, 0.6) is 0 Å². The summed E-state index contributed by atoms with van der Waals surface area (Å²) in [5, 5.41) is 9.76. The second-order valence-electron chi connectivity index (χ2n) is 7.92. The van der Waals surface area contributed by atoms with Crippen LogP contribution < -0.4 is 15.5 Å². The van der Waals surface area contributed by atoms with Gasteiger partial charge in [-0.1, -0.05) is 35.0 Å². The van der Waals surface area contributed by atoms with Crippen LogP contribution >= 0.6 is 11.6 Å². The topological polar surface area (TPSA) is 92.3 Å². The van der Waals surface area contributed by atoms with Gasteiger partial charge in [0.15, 0.2) is 0 Å². The summed E-state index contributed by atoms with van der Waals surface area (Å²) in [5.74, 6) is -0.554. The molecule has 36 heavy (non-hydrogen) atoms. The molecule has 0 bridgehead atoms. The van der Waals surface area contributed by atoms with Crippen molar-refractivity contribution in [1.29, 1.82) is 0 Å². The summed E-state index contributed by atoms with van der Waals surface area (Å²) in [6, 6.07) is 19.0. The molecule has 1 atom stereocenters. The Balaban J connectivity index is 1.49. The van der Waals surface area contributed by atoms with Gasteiger partial charge in [-0.15, -0.1) is 0 Å². The summed E-state index contributed by atoms with van der Waals surface area (Å²) < 4.78 is 19.9.